The molecule has 16 heavy (non-hydrogen) atoms. The van der Waals surface area contributed by atoms with Gasteiger partial charge in [0.15, 0.2) is 5.11 Å². The van der Waals surface area contributed by atoms with Crippen LogP contribution in [-0.4, -0.2) is 23.1 Å². The van der Waals surface area contributed by atoms with Gasteiger partial charge in [-0.15, -0.1) is 0 Å². The Morgan fingerprint density at radius 1 is 1.44 bits per heavy atom. The van der Waals surface area contributed by atoms with E-state index in [1.165, 1.54) is 11.1 Å². The van der Waals surface area contributed by atoms with E-state index in [1.807, 2.05) is 7.05 Å². The summed E-state index contributed by atoms with van der Waals surface area (Å²) in [6.07, 6.45) is 0. The second-order valence-electron chi connectivity index (χ2n) is 4.45. The molecule has 0 spiro atoms. The maximum atomic E-state index is 5.30. The Labute approximate surface area is 104 Å². The van der Waals surface area contributed by atoms with Crippen LogP contribution in [0.15, 0.2) is 24.3 Å². The van der Waals surface area contributed by atoms with Crippen molar-refractivity contribution in [2.24, 2.45) is 0 Å². The van der Waals surface area contributed by atoms with E-state index in [4.69, 9.17) is 12.2 Å². The van der Waals surface area contributed by atoms with Crippen molar-refractivity contribution < 1.29 is 0 Å². The minimum absolute atomic E-state index is 0.382. The highest BCUT2D eigenvalue weighted by Gasteiger charge is 2.05. The van der Waals surface area contributed by atoms with Gasteiger partial charge in [-0.05, 0) is 38.6 Å². The first-order valence-electron chi connectivity index (χ1n) is 5.56. The number of rotatable bonds is 3. The van der Waals surface area contributed by atoms with E-state index in [-0.39, 0.29) is 0 Å². The van der Waals surface area contributed by atoms with E-state index in [9.17, 15) is 0 Å². The van der Waals surface area contributed by atoms with Crippen molar-refractivity contribution in [3.05, 3.63) is 35.4 Å². The molecule has 2 nitrogen and oxygen atoms in total. The third kappa shape index (κ3) is 4.19. The van der Waals surface area contributed by atoms with Crippen molar-refractivity contribution in [1.29, 1.82) is 0 Å². The Morgan fingerprint density at radius 2 is 2.12 bits per heavy atom. The molecule has 0 unspecified atom stereocenters. The molecule has 0 aliphatic carbocycles. The molecule has 0 fully saturated rings. The average molecular weight is 236 g/mol. The molecule has 0 bridgehead atoms. The van der Waals surface area contributed by atoms with Crippen LogP contribution in [0.4, 0.5) is 0 Å². The van der Waals surface area contributed by atoms with Crippen LogP contribution in [-0.2, 0) is 6.54 Å². The monoisotopic (exact) mass is 236 g/mol. The fraction of sp³-hybridized carbons (Fsp3) is 0.462. The summed E-state index contributed by atoms with van der Waals surface area (Å²) in [6, 6.07) is 8.88. The van der Waals surface area contributed by atoms with Gasteiger partial charge in [0.25, 0.3) is 0 Å². The quantitative estimate of drug-likeness (QED) is 0.812. The van der Waals surface area contributed by atoms with Crippen molar-refractivity contribution in [2.75, 3.05) is 7.05 Å². The number of hydrogen-bond donors (Lipinski definition) is 1. The second kappa shape index (κ2) is 5.85. The summed E-state index contributed by atoms with van der Waals surface area (Å²) in [5.41, 5.74) is 2.57. The van der Waals surface area contributed by atoms with Crippen molar-refractivity contribution in [3.63, 3.8) is 0 Å². The molecule has 0 amide bonds. The zero-order valence-electron chi connectivity index (χ0n) is 10.4. The topological polar surface area (TPSA) is 15.3 Å². The summed E-state index contributed by atoms with van der Waals surface area (Å²) in [5.74, 6) is 0. The highest BCUT2D eigenvalue weighted by molar-refractivity contribution is 7.80. The van der Waals surface area contributed by atoms with Crippen molar-refractivity contribution >= 4 is 17.3 Å². The van der Waals surface area contributed by atoms with Gasteiger partial charge >= 0.3 is 0 Å². The molecule has 1 rings (SSSR count). The zero-order valence-corrected chi connectivity index (χ0v) is 11.3. The van der Waals surface area contributed by atoms with Crippen LogP contribution in [0.1, 0.15) is 25.0 Å². The van der Waals surface area contributed by atoms with E-state index >= 15 is 0 Å². The maximum Gasteiger partial charge on any atom is 0.169 e. The second-order valence-corrected chi connectivity index (χ2v) is 4.84. The summed E-state index contributed by atoms with van der Waals surface area (Å²) >= 11 is 5.30. The average Bonchev–Trinajstić information content (AvgIpc) is 2.16. The third-order valence-corrected chi connectivity index (χ3v) is 2.69. The lowest BCUT2D eigenvalue weighted by Crippen LogP contribution is -2.40. The predicted molar refractivity (Wildman–Crippen MR) is 73.5 cm³/mol. The van der Waals surface area contributed by atoms with Crippen molar-refractivity contribution in [2.45, 2.75) is 33.4 Å². The Kier molecular flexibility index (Phi) is 4.74. The summed E-state index contributed by atoms with van der Waals surface area (Å²) in [6.45, 7) is 7.13. The lowest BCUT2D eigenvalue weighted by molar-refractivity contribution is 0.480. The lowest BCUT2D eigenvalue weighted by Gasteiger charge is -2.23. The van der Waals surface area contributed by atoms with Crippen molar-refractivity contribution in [3.8, 4) is 0 Å². The number of thiocarbonyl (C=S) groups is 1. The summed E-state index contributed by atoms with van der Waals surface area (Å²) < 4.78 is 0. The molecule has 0 atom stereocenters. The molecule has 1 N–H and O–H groups in total. The van der Waals surface area contributed by atoms with Gasteiger partial charge in [-0.3, -0.25) is 0 Å². The van der Waals surface area contributed by atoms with Gasteiger partial charge in [0.05, 0.1) is 0 Å². The molecule has 1 aromatic carbocycles. The number of hydrogen-bond acceptors (Lipinski definition) is 1. The van der Waals surface area contributed by atoms with E-state index in [1.54, 1.807) is 0 Å². The fourth-order valence-corrected chi connectivity index (χ4v) is 1.81. The molecule has 0 heterocycles. The fourth-order valence-electron chi connectivity index (χ4n) is 1.51. The summed E-state index contributed by atoms with van der Waals surface area (Å²) in [4.78, 5) is 2.06. The largest absolute Gasteiger partial charge is 0.360 e. The molecule has 1 aromatic rings. The Balaban J connectivity index is 2.57. The summed E-state index contributed by atoms with van der Waals surface area (Å²) in [5, 5.41) is 4.04. The zero-order chi connectivity index (χ0) is 12.1. The smallest absolute Gasteiger partial charge is 0.169 e. The van der Waals surface area contributed by atoms with Gasteiger partial charge in [0, 0.05) is 19.6 Å². The standard InChI is InChI=1S/C13H20N2S/c1-10(2)14-13(16)15(4)9-12-7-5-6-11(3)8-12/h5-8,10H,9H2,1-4H3,(H,14,16). The Morgan fingerprint density at radius 3 is 2.69 bits per heavy atom. The normalized spacial score (nSPS) is 10.3. The molecule has 0 radical (unpaired) electrons. The van der Waals surface area contributed by atoms with E-state index in [0.717, 1.165) is 11.7 Å². The molecule has 0 aliphatic rings. The molecular weight excluding hydrogens is 216 g/mol. The Bertz CT molecular complexity index is 361. The predicted octanol–water partition coefficient (Wildman–Crippen LogP) is 2.71. The SMILES string of the molecule is Cc1cccc(CN(C)C(=S)NC(C)C)c1. The first-order valence-corrected chi connectivity index (χ1v) is 5.97. The number of aryl methyl sites for hydroxylation is 1. The van der Waals surface area contributed by atoms with Crippen molar-refractivity contribution in [1.82, 2.24) is 10.2 Å². The van der Waals surface area contributed by atoms with Gasteiger partial charge in [-0.2, -0.15) is 0 Å². The minimum atomic E-state index is 0.382. The molecule has 0 aromatic heterocycles. The van der Waals surface area contributed by atoms with Crippen LogP contribution in [0.25, 0.3) is 0 Å². The molecule has 0 saturated heterocycles. The van der Waals surface area contributed by atoms with Gasteiger partial charge in [-0.1, -0.05) is 29.8 Å². The molecule has 88 valence electrons. The van der Waals surface area contributed by atoms with Crippen LogP contribution in [0.3, 0.4) is 0 Å². The van der Waals surface area contributed by atoms with E-state index in [2.05, 4.69) is 55.3 Å². The first-order chi connectivity index (χ1) is 7.49. The van der Waals surface area contributed by atoms with Gasteiger partial charge in [0.1, 0.15) is 0 Å². The highest BCUT2D eigenvalue weighted by Crippen LogP contribution is 2.06. The molecular formula is C13H20N2S. The van der Waals surface area contributed by atoms with Gasteiger partial charge < -0.3 is 10.2 Å². The number of nitrogens with one attached hydrogen (secondary N) is 1. The van der Waals surface area contributed by atoms with Gasteiger partial charge in [0.2, 0.25) is 0 Å². The maximum absolute atomic E-state index is 5.30. The highest BCUT2D eigenvalue weighted by atomic mass is 32.1. The van der Waals surface area contributed by atoms with Crippen LogP contribution in [0, 0.1) is 6.92 Å². The molecule has 3 heteroatoms. The van der Waals surface area contributed by atoms with E-state index in [0.29, 0.717) is 6.04 Å². The minimum Gasteiger partial charge on any atom is -0.360 e. The Hall–Kier alpha value is -1.09. The lowest BCUT2D eigenvalue weighted by atomic mass is 10.1. The third-order valence-electron chi connectivity index (χ3n) is 2.26. The van der Waals surface area contributed by atoms with Crippen LogP contribution < -0.4 is 5.32 Å². The molecule has 0 aliphatic heterocycles. The number of nitrogens with zero attached hydrogens (tertiary/aromatic N) is 1. The summed E-state index contributed by atoms with van der Waals surface area (Å²) in [7, 11) is 2.01. The van der Waals surface area contributed by atoms with Crippen LogP contribution in [0.5, 0.6) is 0 Å². The van der Waals surface area contributed by atoms with Gasteiger partial charge in [-0.25, -0.2) is 0 Å². The number of benzene rings is 1. The van der Waals surface area contributed by atoms with Crippen LogP contribution in [0.2, 0.25) is 0 Å². The van der Waals surface area contributed by atoms with E-state index < -0.39 is 0 Å². The molecule has 0 saturated carbocycles. The van der Waals surface area contributed by atoms with Crippen LogP contribution >= 0.6 is 12.2 Å². The first kappa shape index (κ1) is 13.0.